The van der Waals surface area contributed by atoms with Crippen molar-refractivity contribution in [3.05, 3.63) is 157 Å². The summed E-state index contributed by atoms with van der Waals surface area (Å²) in [6, 6.07) is 49.4. The third-order valence-corrected chi connectivity index (χ3v) is 10.7. The van der Waals surface area contributed by atoms with E-state index < -0.39 is 19.9 Å². The maximum absolute atomic E-state index is 8.80. The van der Waals surface area contributed by atoms with Crippen LogP contribution in [0, 0.1) is 12.1 Å². The number of imidazole rings is 1. The van der Waals surface area contributed by atoms with E-state index in [2.05, 4.69) is 77.7 Å². The van der Waals surface area contributed by atoms with Gasteiger partial charge in [-0.15, -0.1) is 71.8 Å². The molecule has 5 aromatic carbocycles. The summed E-state index contributed by atoms with van der Waals surface area (Å²) < 4.78 is 19.7. The molecule has 0 fully saturated rings. The number of para-hydroxylation sites is 3. The van der Waals surface area contributed by atoms with E-state index in [1.54, 1.807) is 0 Å². The summed E-state index contributed by atoms with van der Waals surface area (Å²) in [6.07, 6.45) is 1.87. The third kappa shape index (κ3) is 8.13. The molecule has 0 saturated heterocycles. The van der Waals surface area contributed by atoms with E-state index in [1.165, 1.54) is 16.3 Å². The molecule has 0 N–H and O–H groups in total. The first-order valence-electron chi connectivity index (χ1n) is 17.8. The van der Waals surface area contributed by atoms with Crippen LogP contribution in [0.4, 0.5) is 0 Å². The monoisotopic (exact) mass is 850 g/mol. The molecule has 2 heterocycles. The van der Waals surface area contributed by atoms with Gasteiger partial charge in [-0.2, -0.15) is 0 Å². The van der Waals surface area contributed by atoms with Gasteiger partial charge in [0, 0.05) is 34.7 Å². The Morgan fingerprint density at radius 1 is 0.660 bits per heavy atom. The first-order valence-corrected chi connectivity index (χ1v) is 20.3. The number of benzene rings is 5. The van der Waals surface area contributed by atoms with E-state index in [0.29, 0.717) is 0 Å². The van der Waals surface area contributed by atoms with Crippen LogP contribution in [0.25, 0.3) is 50.5 Å². The van der Waals surface area contributed by atoms with Crippen LogP contribution in [0.5, 0.6) is 0 Å². The van der Waals surface area contributed by atoms with Crippen molar-refractivity contribution in [1.82, 2.24) is 14.5 Å². The van der Waals surface area contributed by atoms with Gasteiger partial charge in [-0.05, 0) is 57.9 Å². The van der Waals surface area contributed by atoms with Crippen molar-refractivity contribution in [2.45, 2.75) is 59.1 Å². The van der Waals surface area contributed by atoms with Crippen LogP contribution in [0.2, 0.25) is 19.6 Å². The predicted octanol–water partition coefficient (Wildman–Crippen LogP) is 11.5. The summed E-state index contributed by atoms with van der Waals surface area (Å²) in [6.45, 7) is 14.7. The summed E-state index contributed by atoms with van der Waals surface area (Å²) in [5.74, 6) is -0.895. The normalized spacial score (nSPS) is 12.3. The van der Waals surface area contributed by atoms with Crippen LogP contribution in [-0.4, -0.2) is 22.6 Å². The van der Waals surface area contributed by atoms with Crippen molar-refractivity contribution in [3.63, 3.8) is 0 Å². The van der Waals surface area contributed by atoms with Crippen molar-refractivity contribution in [3.8, 4) is 39.5 Å². The second-order valence-electron chi connectivity index (χ2n) is 13.8. The molecule has 0 spiro atoms. The zero-order valence-electron chi connectivity index (χ0n) is 31.9. The predicted molar refractivity (Wildman–Crippen MR) is 210 cm³/mol. The second kappa shape index (κ2) is 16.1. The first kappa shape index (κ1) is 34.1. The Morgan fingerprint density at radius 2 is 1.26 bits per heavy atom. The SMILES string of the molecule is C[Si](C)(C)c1ccc(-c2ccnc(-c3[c-]cccc3)c2)cc1.[2H]C(C)(C)c1cccc(C([2H])(C)C)c1-n1c(-c2[c-]cccc2)nc2ccccc21.[Ir]. The molecule has 0 aliphatic carbocycles. The van der Waals surface area contributed by atoms with Gasteiger partial charge < -0.3 is 9.55 Å². The van der Waals surface area contributed by atoms with Gasteiger partial charge in [-0.25, -0.2) is 0 Å². The Bertz CT molecular complexity index is 2220. The summed E-state index contributed by atoms with van der Waals surface area (Å²) >= 11 is 0. The van der Waals surface area contributed by atoms with Crippen LogP contribution >= 0.6 is 0 Å². The Morgan fingerprint density at radius 3 is 1.84 bits per heavy atom. The summed E-state index contributed by atoms with van der Waals surface area (Å²) in [5.41, 5.74) is 9.77. The minimum Gasteiger partial charge on any atom is -0.333 e. The molecule has 50 heavy (non-hydrogen) atoms. The van der Waals surface area contributed by atoms with Crippen LogP contribution in [-0.2, 0) is 20.1 Å². The largest absolute Gasteiger partial charge is 0.333 e. The Kier molecular flexibility index (Phi) is 10.9. The minimum atomic E-state index is -1.24. The van der Waals surface area contributed by atoms with E-state index >= 15 is 0 Å². The molecule has 0 aliphatic rings. The molecule has 255 valence electrons. The zero-order chi connectivity index (χ0) is 36.4. The number of rotatable bonds is 7. The molecular weight excluding hydrogens is 803 g/mol. The standard InChI is InChI=1S/C25H25N2.C20H20NSi.Ir/c1-17(2)20-13-10-14-21(18(3)4)24(20)27-23-16-9-8-15-22(23)26-25(27)19-11-6-5-7-12-19;1-22(2,3)19-11-9-16(10-12-19)18-13-14-21-20(15-18)17-7-5-4-6-8-17;/h5-11,13-18H,1-4H3;4-7,9-15H,1-3H3;/q2*-1;/i17D,18D;;. The molecule has 7 rings (SSSR count). The van der Waals surface area contributed by atoms with E-state index in [1.807, 2.05) is 125 Å². The quantitative estimate of drug-likeness (QED) is 0.118. The fourth-order valence-corrected chi connectivity index (χ4v) is 7.20. The van der Waals surface area contributed by atoms with Crippen molar-refractivity contribution in [1.29, 1.82) is 0 Å². The fraction of sp³-hybridized carbons (Fsp3) is 0.200. The van der Waals surface area contributed by atoms with Gasteiger partial charge in [0.2, 0.25) is 0 Å². The van der Waals surface area contributed by atoms with Crippen LogP contribution in [0.15, 0.2) is 134 Å². The maximum atomic E-state index is 8.80. The average molecular weight is 850 g/mol. The first-order chi connectivity index (χ1) is 24.2. The van der Waals surface area contributed by atoms with E-state index in [-0.39, 0.29) is 20.1 Å². The van der Waals surface area contributed by atoms with Crippen molar-refractivity contribution in [2.24, 2.45) is 0 Å². The fourth-order valence-electron chi connectivity index (χ4n) is 6.03. The molecule has 0 atom stereocenters. The van der Waals surface area contributed by atoms with E-state index in [9.17, 15) is 0 Å². The summed E-state index contributed by atoms with van der Waals surface area (Å²) in [5, 5.41) is 1.49. The number of hydrogen-bond acceptors (Lipinski definition) is 2. The molecule has 7 aromatic rings. The van der Waals surface area contributed by atoms with Gasteiger partial charge in [0.25, 0.3) is 0 Å². The molecule has 3 nitrogen and oxygen atoms in total. The molecular formula is C45H45IrN3Si-2. The maximum Gasteiger partial charge on any atom is 0.0775 e. The van der Waals surface area contributed by atoms with Crippen molar-refractivity contribution in [2.75, 3.05) is 0 Å². The van der Waals surface area contributed by atoms with Crippen LogP contribution < -0.4 is 5.19 Å². The number of aromatic nitrogens is 3. The number of fused-ring (bicyclic) bond motifs is 1. The molecule has 0 saturated carbocycles. The molecule has 2 aromatic heterocycles. The van der Waals surface area contributed by atoms with Gasteiger partial charge in [-0.3, -0.25) is 4.98 Å². The van der Waals surface area contributed by atoms with Gasteiger partial charge in [0.05, 0.1) is 24.9 Å². The molecule has 0 unspecified atom stereocenters. The molecule has 0 bridgehead atoms. The number of nitrogens with zero attached hydrogens (tertiary/aromatic N) is 3. The minimum absolute atomic E-state index is 0. The number of pyridine rings is 1. The molecule has 0 aliphatic heterocycles. The Labute approximate surface area is 315 Å². The summed E-state index contributed by atoms with van der Waals surface area (Å²) in [7, 11) is -1.24. The third-order valence-electron chi connectivity index (χ3n) is 8.68. The second-order valence-corrected chi connectivity index (χ2v) is 18.8. The van der Waals surface area contributed by atoms with Crippen molar-refractivity contribution >= 4 is 24.3 Å². The molecule has 5 heteroatoms. The van der Waals surface area contributed by atoms with Crippen LogP contribution in [0.1, 0.15) is 53.4 Å². The summed E-state index contributed by atoms with van der Waals surface area (Å²) in [4.78, 5) is 9.38. The average Bonchev–Trinajstić information content (AvgIpc) is 3.51. The zero-order valence-corrected chi connectivity index (χ0v) is 33.3. The van der Waals surface area contributed by atoms with Gasteiger partial charge in [0.15, 0.2) is 0 Å². The van der Waals surface area contributed by atoms with Gasteiger partial charge in [-0.1, -0.05) is 113 Å². The van der Waals surface area contributed by atoms with Crippen LogP contribution in [0.3, 0.4) is 0 Å². The van der Waals surface area contributed by atoms with E-state index in [0.717, 1.165) is 50.5 Å². The van der Waals surface area contributed by atoms with E-state index in [4.69, 9.17) is 7.73 Å². The van der Waals surface area contributed by atoms with Gasteiger partial charge in [0.1, 0.15) is 0 Å². The smallest absolute Gasteiger partial charge is 0.0775 e. The van der Waals surface area contributed by atoms with Gasteiger partial charge >= 0.3 is 0 Å². The Balaban J connectivity index is 0.000000205. The molecule has 0 amide bonds. The van der Waals surface area contributed by atoms with Crippen molar-refractivity contribution < 1.29 is 22.8 Å². The topological polar surface area (TPSA) is 30.7 Å². The Hall–Kier alpha value is -4.41. The molecule has 1 radical (unpaired) electrons. The number of hydrogen-bond donors (Lipinski definition) is 0.